The predicted octanol–water partition coefficient (Wildman–Crippen LogP) is 3.53. The number of sulfonamides is 1. The molecule has 0 saturated heterocycles. The Hall–Kier alpha value is -2.45. The molecule has 1 amide bonds. The van der Waals surface area contributed by atoms with Crippen molar-refractivity contribution in [3.8, 4) is 5.75 Å². The Morgan fingerprint density at radius 2 is 1.93 bits per heavy atom. The van der Waals surface area contributed by atoms with Crippen molar-refractivity contribution in [3.63, 3.8) is 0 Å². The van der Waals surface area contributed by atoms with Gasteiger partial charge in [0.2, 0.25) is 15.9 Å². The van der Waals surface area contributed by atoms with Crippen molar-refractivity contribution in [2.45, 2.75) is 31.6 Å². The summed E-state index contributed by atoms with van der Waals surface area (Å²) in [5.41, 5.74) is 2.53. The number of carbonyl (C=O) groups is 1. The second-order valence-electron chi connectivity index (χ2n) is 6.80. The monoisotopic (exact) mass is 408 g/mol. The summed E-state index contributed by atoms with van der Waals surface area (Å²) < 4.78 is 45.1. The van der Waals surface area contributed by atoms with Gasteiger partial charge >= 0.3 is 0 Å². The summed E-state index contributed by atoms with van der Waals surface area (Å²) in [7, 11) is -1.56. The standard InChI is InChI=1S/C20H25FN2O4S/c1-13(2)16-8-6-7-14(3)20(16)22-19(24)12-23(4)28(25,26)18-11-15(21)9-10-17(18)27-5/h6-11,13H,12H2,1-5H3,(H,22,24). The lowest BCUT2D eigenvalue weighted by atomic mass is 9.98. The van der Waals surface area contributed by atoms with Crippen molar-refractivity contribution in [2.75, 3.05) is 26.0 Å². The second kappa shape index (κ2) is 8.70. The number of benzene rings is 2. The zero-order valence-corrected chi connectivity index (χ0v) is 17.4. The zero-order chi connectivity index (χ0) is 21.1. The van der Waals surface area contributed by atoms with Crippen LogP contribution in [0.1, 0.15) is 30.9 Å². The molecule has 0 heterocycles. The number of nitrogens with one attached hydrogen (secondary N) is 1. The lowest BCUT2D eigenvalue weighted by molar-refractivity contribution is -0.116. The van der Waals surface area contributed by atoms with Crippen molar-refractivity contribution >= 4 is 21.6 Å². The number of methoxy groups -OCH3 is 1. The fourth-order valence-corrected chi connectivity index (χ4v) is 4.12. The fourth-order valence-electron chi connectivity index (χ4n) is 2.83. The molecule has 0 atom stereocenters. The number of aryl methyl sites for hydroxylation is 1. The molecule has 0 spiro atoms. The lowest BCUT2D eigenvalue weighted by Crippen LogP contribution is -2.35. The average molecular weight is 408 g/mol. The first-order valence-electron chi connectivity index (χ1n) is 8.77. The second-order valence-corrected chi connectivity index (χ2v) is 8.81. The normalized spacial score (nSPS) is 11.7. The highest BCUT2D eigenvalue weighted by Gasteiger charge is 2.27. The van der Waals surface area contributed by atoms with E-state index in [1.54, 1.807) is 0 Å². The Balaban J connectivity index is 2.25. The van der Waals surface area contributed by atoms with E-state index in [1.807, 2.05) is 39.0 Å². The molecule has 8 heteroatoms. The number of anilines is 1. The summed E-state index contributed by atoms with van der Waals surface area (Å²) >= 11 is 0. The van der Waals surface area contributed by atoms with Gasteiger partial charge in [-0.3, -0.25) is 4.79 Å². The van der Waals surface area contributed by atoms with E-state index in [-0.39, 0.29) is 16.6 Å². The molecule has 2 aromatic carbocycles. The number of hydrogen-bond donors (Lipinski definition) is 1. The van der Waals surface area contributed by atoms with Gasteiger partial charge in [0.15, 0.2) is 0 Å². The number of hydrogen-bond acceptors (Lipinski definition) is 4. The summed E-state index contributed by atoms with van der Waals surface area (Å²) in [6.45, 7) is 5.47. The molecule has 0 radical (unpaired) electrons. The third kappa shape index (κ3) is 4.69. The van der Waals surface area contributed by atoms with E-state index in [0.29, 0.717) is 5.69 Å². The van der Waals surface area contributed by atoms with Gasteiger partial charge in [0, 0.05) is 12.7 Å². The SMILES string of the molecule is COc1ccc(F)cc1S(=O)(=O)N(C)CC(=O)Nc1c(C)cccc1C(C)C. The summed E-state index contributed by atoms with van der Waals surface area (Å²) in [5, 5.41) is 2.80. The van der Waals surface area contributed by atoms with Crippen LogP contribution in [0.3, 0.4) is 0 Å². The highest BCUT2D eigenvalue weighted by atomic mass is 32.2. The molecule has 2 aromatic rings. The Morgan fingerprint density at radius 1 is 1.25 bits per heavy atom. The molecule has 0 bridgehead atoms. The van der Waals surface area contributed by atoms with E-state index in [0.717, 1.165) is 27.6 Å². The third-order valence-electron chi connectivity index (χ3n) is 4.37. The van der Waals surface area contributed by atoms with Gasteiger partial charge in [0.05, 0.1) is 13.7 Å². The number of amides is 1. The van der Waals surface area contributed by atoms with E-state index in [4.69, 9.17) is 4.74 Å². The summed E-state index contributed by atoms with van der Waals surface area (Å²) in [4.78, 5) is 12.2. The maximum Gasteiger partial charge on any atom is 0.247 e. The van der Waals surface area contributed by atoms with Crippen LogP contribution >= 0.6 is 0 Å². The highest BCUT2D eigenvalue weighted by molar-refractivity contribution is 7.89. The molecule has 6 nitrogen and oxygen atoms in total. The van der Waals surface area contributed by atoms with Gasteiger partial charge in [-0.15, -0.1) is 0 Å². The van der Waals surface area contributed by atoms with Gasteiger partial charge in [-0.05, 0) is 42.2 Å². The lowest BCUT2D eigenvalue weighted by Gasteiger charge is -2.20. The van der Waals surface area contributed by atoms with Crippen LogP contribution < -0.4 is 10.1 Å². The maximum absolute atomic E-state index is 13.6. The van der Waals surface area contributed by atoms with Crippen LogP contribution in [0.25, 0.3) is 0 Å². The van der Waals surface area contributed by atoms with Crippen molar-refractivity contribution < 1.29 is 22.3 Å². The number of halogens is 1. The van der Waals surface area contributed by atoms with Gasteiger partial charge in [-0.25, -0.2) is 12.8 Å². The molecule has 0 aliphatic carbocycles. The van der Waals surface area contributed by atoms with Crippen LogP contribution in [0, 0.1) is 12.7 Å². The smallest absolute Gasteiger partial charge is 0.247 e. The van der Waals surface area contributed by atoms with E-state index >= 15 is 0 Å². The first-order valence-corrected chi connectivity index (χ1v) is 10.2. The topological polar surface area (TPSA) is 75.7 Å². The molecular formula is C20H25FN2O4S. The van der Waals surface area contributed by atoms with Crippen molar-refractivity contribution in [1.82, 2.24) is 4.31 Å². The largest absolute Gasteiger partial charge is 0.495 e. The van der Waals surface area contributed by atoms with E-state index in [9.17, 15) is 17.6 Å². The molecule has 1 N–H and O–H groups in total. The van der Waals surface area contributed by atoms with Gasteiger partial charge in [-0.2, -0.15) is 4.31 Å². The first-order chi connectivity index (χ1) is 13.1. The molecule has 28 heavy (non-hydrogen) atoms. The minimum atomic E-state index is -4.12. The molecule has 0 saturated carbocycles. The third-order valence-corrected chi connectivity index (χ3v) is 6.20. The van der Waals surface area contributed by atoms with Crippen molar-refractivity contribution in [1.29, 1.82) is 0 Å². The Bertz CT molecular complexity index is 974. The highest BCUT2D eigenvalue weighted by Crippen LogP contribution is 2.29. The molecule has 0 fully saturated rings. The molecule has 0 aromatic heterocycles. The number of carbonyl (C=O) groups excluding carboxylic acids is 1. The molecule has 0 aliphatic rings. The zero-order valence-electron chi connectivity index (χ0n) is 16.6. The first kappa shape index (κ1) is 21.8. The van der Waals surface area contributed by atoms with Gasteiger partial charge in [0.1, 0.15) is 16.5 Å². The van der Waals surface area contributed by atoms with Crippen molar-refractivity contribution in [2.24, 2.45) is 0 Å². The molecule has 0 unspecified atom stereocenters. The van der Waals surface area contributed by atoms with E-state index in [1.165, 1.54) is 20.2 Å². The molecule has 152 valence electrons. The Morgan fingerprint density at radius 3 is 2.54 bits per heavy atom. The quantitative estimate of drug-likeness (QED) is 0.761. The average Bonchev–Trinajstić information content (AvgIpc) is 2.62. The van der Waals surface area contributed by atoms with Crippen molar-refractivity contribution in [3.05, 3.63) is 53.3 Å². The molecule has 2 rings (SSSR count). The summed E-state index contributed by atoms with van der Waals surface area (Å²) in [6, 6.07) is 8.92. The number of rotatable bonds is 7. The van der Waals surface area contributed by atoms with Gasteiger partial charge in [0.25, 0.3) is 0 Å². The van der Waals surface area contributed by atoms with E-state index < -0.39 is 28.3 Å². The maximum atomic E-state index is 13.6. The Labute approximate surface area is 165 Å². The van der Waals surface area contributed by atoms with Crippen LogP contribution in [0.15, 0.2) is 41.3 Å². The molecular weight excluding hydrogens is 383 g/mol. The molecule has 0 aliphatic heterocycles. The van der Waals surface area contributed by atoms with E-state index in [2.05, 4.69) is 5.32 Å². The summed E-state index contributed by atoms with van der Waals surface area (Å²) in [5.74, 6) is -1.00. The fraction of sp³-hybridized carbons (Fsp3) is 0.350. The van der Waals surface area contributed by atoms with Crippen LogP contribution in [-0.4, -0.2) is 39.3 Å². The number of ether oxygens (including phenoxy) is 1. The van der Waals surface area contributed by atoms with Gasteiger partial charge in [-0.1, -0.05) is 32.0 Å². The minimum absolute atomic E-state index is 0.00894. The van der Waals surface area contributed by atoms with Crippen LogP contribution in [-0.2, 0) is 14.8 Å². The minimum Gasteiger partial charge on any atom is -0.495 e. The van der Waals surface area contributed by atoms with Gasteiger partial charge < -0.3 is 10.1 Å². The van der Waals surface area contributed by atoms with Crippen LogP contribution in [0.2, 0.25) is 0 Å². The summed E-state index contributed by atoms with van der Waals surface area (Å²) in [6.07, 6.45) is 0. The Kier molecular flexibility index (Phi) is 6.79. The number of para-hydroxylation sites is 1. The van der Waals surface area contributed by atoms with Crippen LogP contribution in [0.4, 0.5) is 10.1 Å². The number of nitrogens with zero attached hydrogens (tertiary/aromatic N) is 1. The number of likely N-dealkylation sites (N-methyl/N-ethyl adjacent to an activating group) is 1. The predicted molar refractivity (Wildman–Crippen MR) is 107 cm³/mol. The van der Waals surface area contributed by atoms with Crippen LogP contribution in [0.5, 0.6) is 5.75 Å².